The Bertz CT molecular complexity index is 500. The molecule has 1 unspecified atom stereocenters. The SMILES string of the molecule is C=C(F)C(=O)OC(C)CC(=O)OCC(F)(F)S(=O)(=O)[O-]. The van der Waals surface area contributed by atoms with Crippen molar-refractivity contribution in [2.24, 2.45) is 0 Å². The van der Waals surface area contributed by atoms with Gasteiger partial charge in [-0.15, -0.1) is 0 Å². The van der Waals surface area contributed by atoms with Crippen LogP contribution in [0.4, 0.5) is 13.2 Å². The zero-order valence-corrected chi connectivity index (χ0v) is 10.9. The molecule has 0 aliphatic heterocycles. The lowest BCUT2D eigenvalue weighted by molar-refractivity contribution is -0.156. The quantitative estimate of drug-likeness (QED) is 0.381. The van der Waals surface area contributed by atoms with Gasteiger partial charge in [-0.2, -0.15) is 13.2 Å². The van der Waals surface area contributed by atoms with Crippen molar-refractivity contribution < 1.29 is 45.2 Å². The lowest BCUT2D eigenvalue weighted by Gasteiger charge is -2.19. The van der Waals surface area contributed by atoms with Crippen LogP contribution in [0.25, 0.3) is 0 Å². The maximum atomic E-state index is 12.6. The fourth-order valence-electron chi connectivity index (χ4n) is 0.819. The molecule has 0 aromatic heterocycles. The topological polar surface area (TPSA) is 110 Å². The Labute approximate surface area is 112 Å². The Hall–Kier alpha value is -1.62. The Kier molecular flexibility index (Phi) is 6.16. The first kappa shape index (κ1) is 18.4. The zero-order chi connectivity index (χ0) is 16.1. The summed E-state index contributed by atoms with van der Waals surface area (Å²) in [6.07, 6.45) is -1.96. The third-order valence-electron chi connectivity index (χ3n) is 1.75. The summed E-state index contributed by atoms with van der Waals surface area (Å²) in [5.41, 5.74) is 0. The first-order chi connectivity index (χ1) is 8.86. The van der Waals surface area contributed by atoms with Gasteiger partial charge in [0.2, 0.25) is 5.83 Å². The molecule has 0 aromatic rings. The Morgan fingerprint density at radius 1 is 1.40 bits per heavy atom. The number of esters is 2. The van der Waals surface area contributed by atoms with E-state index in [1.54, 1.807) is 0 Å². The highest BCUT2D eigenvalue weighted by molar-refractivity contribution is 7.86. The van der Waals surface area contributed by atoms with Crippen LogP contribution in [0.2, 0.25) is 0 Å². The fourth-order valence-corrected chi connectivity index (χ4v) is 1.02. The van der Waals surface area contributed by atoms with Crippen LogP contribution in [0.3, 0.4) is 0 Å². The molecule has 0 aliphatic rings. The number of alkyl halides is 2. The summed E-state index contributed by atoms with van der Waals surface area (Å²) in [6, 6.07) is 0. The largest absolute Gasteiger partial charge is 0.743 e. The summed E-state index contributed by atoms with van der Waals surface area (Å²) >= 11 is 0. The lowest BCUT2D eigenvalue weighted by atomic mass is 10.3. The van der Waals surface area contributed by atoms with E-state index >= 15 is 0 Å². The molecule has 0 N–H and O–H groups in total. The molecule has 0 heterocycles. The van der Waals surface area contributed by atoms with Gasteiger partial charge < -0.3 is 14.0 Å². The summed E-state index contributed by atoms with van der Waals surface area (Å²) in [6.45, 7) is 1.79. The van der Waals surface area contributed by atoms with Crippen LogP contribution in [-0.4, -0.2) is 42.9 Å². The summed E-state index contributed by atoms with van der Waals surface area (Å²) in [5.74, 6) is -4.23. The smallest absolute Gasteiger partial charge is 0.367 e. The van der Waals surface area contributed by atoms with Gasteiger partial charge in [0.05, 0.1) is 6.42 Å². The lowest BCUT2D eigenvalue weighted by Crippen LogP contribution is -2.35. The summed E-state index contributed by atoms with van der Waals surface area (Å²) in [5, 5.41) is -4.77. The first-order valence-electron chi connectivity index (χ1n) is 4.91. The molecule has 0 saturated carbocycles. The van der Waals surface area contributed by atoms with Crippen LogP contribution >= 0.6 is 0 Å². The third-order valence-corrected chi connectivity index (χ3v) is 2.60. The molecule has 0 amide bonds. The van der Waals surface area contributed by atoms with Crippen LogP contribution in [0.5, 0.6) is 0 Å². The minimum absolute atomic E-state index is 0.742. The molecule has 1 atom stereocenters. The molecule has 11 heteroatoms. The van der Waals surface area contributed by atoms with E-state index in [1.807, 2.05) is 0 Å². The van der Waals surface area contributed by atoms with E-state index in [2.05, 4.69) is 16.1 Å². The van der Waals surface area contributed by atoms with E-state index in [9.17, 15) is 35.7 Å². The summed E-state index contributed by atoms with van der Waals surface area (Å²) in [7, 11) is -5.96. The van der Waals surface area contributed by atoms with Gasteiger partial charge in [-0.05, 0) is 6.92 Å². The van der Waals surface area contributed by atoms with Gasteiger partial charge in [-0.3, -0.25) is 4.79 Å². The molecule has 0 radical (unpaired) electrons. The number of rotatable bonds is 7. The molecule has 0 aliphatic carbocycles. The maximum absolute atomic E-state index is 12.6. The maximum Gasteiger partial charge on any atom is 0.367 e. The van der Waals surface area contributed by atoms with Crippen LogP contribution in [0.15, 0.2) is 12.4 Å². The Morgan fingerprint density at radius 2 is 1.90 bits per heavy atom. The predicted octanol–water partition coefficient (Wildman–Crippen LogP) is 0.473. The van der Waals surface area contributed by atoms with Gasteiger partial charge >= 0.3 is 17.2 Å². The van der Waals surface area contributed by atoms with Gasteiger partial charge in [0.1, 0.15) is 6.10 Å². The van der Waals surface area contributed by atoms with Gasteiger partial charge in [0, 0.05) is 0 Å². The zero-order valence-electron chi connectivity index (χ0n) is 10.1. The molecular weight excluding hydrogens is 309 g/mol. The minimum Gasteiger partial charge on any atom is -0.743 e. The average Bonchev–Trinajstić information content (AvgIpc) is 2.24. The molecule has 0 aromatic carbocycles. The molecule has 7 nitrogen and oxygen atoms in total. The monoisotopic (exact) mass is 319 g/mol. The summed E-state index contributed by atoms with van der Waals surface area (Å²) < 4.78 is 75.9. The normalized spacial score (nSPS) is 13.4. The number of hydrogen-bond acceptors (Lipinski definition) is 7. The van der Waals surface area contributed by atoms with Crippen molar-refractivity contribution in [2.75, 3.05) is 6.61 Å². The van der Waals surface area contributed by atoms with Crippen molar-refractivity contribution in [1.29, 1.82) is 0 Å². The van der Waals surface area contributed by atoms with Gasteiger partial charge in [-0.1, -0.05) is 6.58 Å². The molecule has 0 spiro atoms. The highest BCUT2D eigenvalue weighted by Gasteiger charge is 2.39. The summed E-state index contributed by atoms with van der Waals surface area (Å²) in [4.78, 5) is 21.7. The van der Waals surface area contributed by atoms with Crippen molar-refractivity contribution in [3.8, 4) is 0 Å². The van der Waals surface area contributed by atoms with Crippen LogP contribution in [-0.2, 0) is 29.2 Å². The number of carbonyl (C=O) groups is 2. The third kappa shape index (κ3) is 6.02. The molecule has 0 fully saturated rings. The molecule has 20 heavy (non-hydrogen) atoms. The average molecular weight is 319 g/mol. The highest BCUT2D eigenvalue weighted by Crippen LogP contribution is 2.20. The van der Waals surface area contributed by atoms with E-state index < -0.39 is 52.3 Å². The van der Waals surface area contributed by atoms with E-state index in [4.69, 9.17) is 0 Å². The van der Waals surface area contributed by atoms with E-state index in [1.165, 1.54) is 0 Å². The van der Waals surface area contributed by atoms with Crippen molar-refractivity contribution in [3.63, 3.8) is 0 Å². The standard InChI is InChI=1S/C9H11F3O7S/c1-5(19-8(14)6(2)10)3-7(13)18-4-9(11,12)20(15,16)17/h5H,2-4H2,1H3,(H,15,16,17)/p-1. The van der Waals surface area contributed by atoms with Crippen molar-refractivity contribution in [3.05, 3.63) is 12.4 Å². The second-order valence-electron chi connectivity index (χ2n) is 3.58. The number of halogens is 3. The number of carbonyl (C=O) groups excluding carboxylic acids is 2. The Balaban J connectivity index is 4.32. The molecule has 0 saturated heterocycles. The highest BCUT2D eigenvalue weighted by atomic mass is 32.2. The predicted molar refractivity (Wildman–Crippen MR) is 56.0 cm³/mol. The van der Waals surface area contributed by atoms with E-state index in [0.717, 1.165) is 6.92 Å². The van der Waals surface area contributed by atoms with Crippen LogP contribution < -0.4 is 0 Å². The minimum atomic E-state index is -5.96. The molecule has 116 valence electrons. The Morgan fingerprint density at radius 3 is 2.30 bits per heavy atom. The van der Waals surface area contributed by atoms with E-state index in [0.29, 0.717) is 0 Å². The molecule has 0 rings (SSSR count). The fraction of sp³-hybridized carbons (Fsp3) is 0.556. The number of hydrogen-bond donors (Lipinski definition) is 0. The van der Waals surface area contributed by atoms with Crippen LogP contribution in [0.1, 0.15) is 13.3 Å². The van der Waals surface area contributed by atoms with Crippen molar-refractivity contribution in [1.82, 2.24) is 0 Å². The van der Waals surface area contributed by atoms with Crippen molar-refractivity contribution in [2.45, 2.75) is 24.7 Å². The molecular formula is C9H10F3O7S-. The second-order valence-corrected chi connectivity index (χ2v) is 5.08. The second kappa shape index (κ2) is 6.70. The first-order valence-corrected chi connectivity index (χ1v) is 6.32. The van der Waals surface area contributed by atoms with Crippen LogP contribution in [0, 0.1) is 0 Å². The van der Waals surface area contributed by atoms with E-state index in [-0.39, 0.29) is 0 Å². The van der Waals surface area contributed by atoms with Gasteiger partial charge in [-0.25, -0.2) is 13.2 Å². The molecule has 0 bridgehead atoms. The van der Waals surface area contributed by atoms with Gasteiger partial charge in [0.15, 0.2) is 16.7 Å². The van der Waals surface area contributed by atoms with Crippen molar-refractivity contribution >= 4 is 22.1 Å². The number of ether oxygens (including phenoxy) is 2. The van der Waals surface area contributed by atoms with Gasteiger partial charge in [0.25, 0.3) is 0 Å².